The van der Waals surface area contributed by atoms with Crippen LogP contribution in [0.3, 0.4) is 0 Å². The molecule has 0 amide bonds. The zero-order valence-electron chi connectivity index (χ0n) is 21.5. The minimum absolute atomic E-state index is 0.283. The SMILES string of the molecule is CN(C)P1OC2CCCC3N=C(C4CCCCC4)C(C4CCCCC4)=NC4CCCC(O1)C4C32. The molecule has 0 N–H and O–H groups in total. The van der Waals surface area contributed by atoms with Crippen LogP contribution in [0.1, 0.15) is 103 Å². The Balaban J connectivity index is 1.44. The fraction of sp³-hybridized carbons (Fsp3) is 0.929. The smallest absolute Gasteiger partial charge is 0.258 e. The molecule has 4 aliphatic carbocycles. The van der Waals surface area contributed by atoms with Gasteiger partial charge in [-0.3, -0.25) is 9.98 Å². The molecule has 1 saturated heterocycles. The van der Waals surface area contributed by atoms with Gasteiger partial charge in [0, 0.05) is 23.7 Å². The molecule has 4 saturated carbocycles. The van der Waals surface area contributed by atoms with Crippen LogP contribution in [0.2, 0.25) is 0 Å². The van der Waals surface area contributed by atoms with Crippen LogP contribution < -0.4 is 0 Å². The van der Waals surface area contributed by atoms with Crippen molar-refractivity contribution in [3.05, 3.63) is 0 Å². The third-order valence-electron chi connectivity index (χ3n) is 9.80. The third kappa shape index (κ3) is 4.69. The summed E-state index contributed by atoms with van der Waals surface area (Å²) in [6, 6.07) is 0.803. The van der Waals surface area contributed by atoms with Crippen LogP contribution in [0.4, 0.5) is 0 Å². The molecule has 0 aromatic rings. The lowest BCUT2D eigenvalue weighted by Crippen LogP contribution is -2.52. The first-order valence-electron chi connectivity index (χ1n) is 14.7. The molecular formula is C28H46N3O2P. The van der Waals surface area contributed by atoms with Gasteiger partial charge in [0.2, 0.25) is 0 Å². The van der Waals surface area contributed by atoms with Crippen molar-refractivity contribution in [3.8, 4) is 0 Å². The molecule has 0 aromatic carbocycles. The molecule has 0 bridgehead atoms. The summed E-state index contributed by atoms with van der Waals surface area (Å²) in [6.07, 6.45) is 21.4. The van der Waals surface area contributed by atoms with Gasteiger partial charge in [-0.2, -0.15) is 0 Å². The number of nitrogens with zero attached hydrogens (tertiary/aromatic N) is 3. The van der Waals surface area contributed by atoms with Gasteiger partial charge in [-0.25, -0.2) is 4.67 Å². The predicted molar refractivity (Wildman–Crippen MR) is 141 cm³/mol. The van der Waals surface area contributed by atoms with Crippen molar-refractivity contribution in [2.24, 2.45) is 33.7 Å². The molecule has 6 aliphatic rings. The molecule has 34 heavy (non-hydrogen) atoms. The molecule has 6 heteroatoms. The second kappa shape index (κ2) is 10.6. The van der Waals surface area contributed by atoms with E-state index in [1.165, 1.54) is 114 Å². The second-order valence-electron chi connectivity index (χ2n) is 12.2. The van der Waals surface area contributed by atoms with Crippen LogP contribution in [0.15, 0.2) is 9.98 Å². The minimum Gasteiger partial charge on any atom is -0.318 e. The van der Waals surface area contributed by atoms with Crippen LogP contribution in [0, 0.1) is 23.7 Å². The van der Waals surface area contributed by atoms with E-state index in [0.29, 0.717) is 35.8 Å². The van der Waals surface area contributed by atoms with E-state index in [9.17, 15) is 0 Å². The lowest BCUT2D eigenvalue weighted by Gasteiger charge is -2.47. The summed E-state index contributed by atoms with van der Waals surface area (Å²) in [6.45, 7) is 0. The average Bonchev–Trinajstić information content (AvgIpc) is 3.04. The molecule has 5 nitrogen and oxygen atoms in total. The van der Waals surface area contributed by atoms with E-state index in [1.54, 1.807) is 0 Å². The van der Waals surface area contributed by atoms with E-state index in [4.69, 9.17) is 19.0 Å². The normalized spacial score (nSPS) is 42.1. The number of rotatable bonds is 3. The molecule has 5 fully saturated rings. The molecule has 6 atom stereocenters. The van der Waals surface area contributed by atoms with Crippen molar-refractivity contribution >= 4 is 19.9 Å². The summed E-state index contributed by atoms with van der Waals surface area (Å²) in [4.78, 5) is 11.6. The quantitative estimate of drug-likeness (QED) is 0.405. The van der Waals surface area contributed by atoms with Crippen LogP contribution in [-0.2, 0) is 9.05 Å². The summed E-state index contributed by atoms with van der Waals surface area (Å²) in [5, 5.41) is 0. The fourth-order valence-corrected chi connectivity index (χ4v) is 9.58. The maximum Gasteiger partial charge on any atom is 0.258 e. The molecule has 6 rings (SSSR count). The molecule has 2 aliphatic heterocycles. The Labute approximate surface area is 208 Å². The van der Waals surface area contributed by atoms with Crippen molar-refractivity contribution in [1.82, 2.24) is 4.67 Å². The van der Waals surface area contributed by atoms with Gasteiger partial charge in [-0.05, 0) is 78.3 Å². The van der Waals surface area contributed by atoms with Gasteiger partial charge in [0.25, 0.3) is 8.53 Å². The highest BCUT2D eigenvalue weighted by atomic mass is 31.2. The number of hydrogen-bond donors (Lipinski definition) is 0. The van der Waals surface area contributed by atoms with E-state index >= 15 is 0 Å². The summed E-state index contributed by atoms with van der Waals surface area (Å²) in [5.41, 5.74) is 2.94. The number of hydrogen-bond acceptors (Lipinski definition) is 5. The van der Waals surface area contributed by atoms with E-state index in [2.05, 4.69) is 18.8 Å². The molecular weight excluding hydrogens is 441 g/mol. The van der Waals surface area contributed by atoms with Gasteiger partial charge in [0.15, 0.2) is 0 Å². The van der Waals surface area contributed by atoms with Crippen molar-refractivity contribution < 1.29 is 9.05 Å². The van der Waals surface area contributed by atoms with Crippen molar-refractivity contribution in [2.75, 3.05) is 14.1 Å². The highest BCUT2D eigenvalue weighted by Gasteiger charge is 2.53. The number of aliphatic imine (C=N–C) groups is 2. The molecule has 0 radical (unpaired) electrons. The van der Waals surface area contributed by atoms with E-state index in [1.807, 2.05) is 0 Å². The van der Waals surface area contributed by atoms with Gasteiger partial charge in [-0.1, -0.05) is 38.5 Å². The van der Waals surface area contributed by atoms with Gasteiger partial charge in [0.05, 0.1) is 35.7 Å². The first-order chi connectivity index (χ1) is 16.7. The van der Waals surface area contributed by atoms with Crippen LogP contribution in [0.25, 0.3) is 0 Å². The molecule has 0 spiro atoms. The minimum atomic E-state index is -0.982. The first-order valence-corrected chi connectivity index (χ1v) is 15.8. The molecule has 2 heterocycles. The van der Waals surface area contributed by atoms with Crippen LogP contribution in [-0.4, -0.2) is 54.5 Å². The van der Waals surface area contributed by atoms with Crippen molar-refractivity contribution in [2.45, 2.75) is 127 Å². The van der Waals surface area contributed by atoms with Crippen LogP contribution in [0.5, 0.6) is 0 Å². The average molecular weight is 488 g/mol. The maximum absolute atomic E-state index is 6.79. The van der Waals surface area contributed by atoms with Gasteiger partial charge in [0.1, 0.15) is 0 Å². The highest BCUT2D eigenvalue weighted by Crippen LogP contribution is 2.56. The first kappa shape index (κ1) is 24.0. The Bertz CT molecular complexity index is 714. The summed E-state index contributed by atoms with van der Waals surface area (Å²) < 4.78 is 15.8. The zero-order chi connectivity index (χ0) is 23.1. The largest absolute Gasteiger partial charge is 0.318 e. The summed E-state index contributed by atoms with van der Waals surface area (Å²) in [5.74, 6) is 2.25. The van der Waals surface area contributed by atoms with Crippen molar-refractivity contribution in [3.63, 3.8) is 0 Å². The topological polar surface area (TPSA) is 46.4 Å². The lowest BCUT2D eigenvalue weighted by molar-refractivity contribution is 0.0118. The highest BCUT2D eigenvalue weighted by molar-refractivity contribution is 7.44. The van der Waals surface area contributed by atoms with Gasteiger partial charge < -0.3 is 9.05 Å². The molecule has 190 valence electrons. The monoisotopic (exact) mass is 487 g/mol. The van der Waals surface area contributed by atoms with Crippen molar-refractivity contribution in [1.29, 1.82) is 0 Å². The predicted octanol–water partition coefficient (Wildman–Crippen LogP) is 6.95. The van der Waals surface area contributed by atoms with Gasteiger partial charge in [-0.15, -0.1) is 0 Å². The Morgan fingerprint density at radius 2 is 1.03 bits per heavy atom. The lowest BCUT2D eigenvalue weighted by atomic mass is 9.65. The summed E-state index contributed by atoms with van der Waals surface area (Å²) in [7, 11) is 3.26. The van der Waals surface area contributed by atoms with E-state index < -0.39 is 8.53 Å². The standard InChI is InChI=1S/C28H46N3O2P/c1-31(2)34-32-23-17-9-15-21-25(23)26-22(16-10-18-24(26)33-34)30-28(20-13-7-4-8-14-20)27(29-21)19-11-5-3-6-12-19/h19-26H,3-18H2,1-2H3. The molecule has 0 aromatic heterocycles. The van der Waals surface area contributed by atoms with E-state index in [0.717, 1.165) is 0 Å². The third-order valence-corrected chi connectivity index (χ3v) is 11.4. The summed E-state index contributed by atoms with van der Waals surface area (Å²) >= 11 is 0. The second-order valence-corrected chi connectivity index (χ2v) is 13.9. The zero-order valence-corrected chi connectivity index (χ0v) is 22.4. The Morgan fingerprint density at radius 3 is 1.44 bits per heavy atom. The Morgan fingerprint density at radius 1 is 0.588 bits per heavy atom. The Kier molecular flexibility index (Phi) is 7.46. The van der Waals surface area contributed by atoms with Crippen LogP contribution >= 0.6 is 8.53 Å². The Hall–Kier alpha value is -0.350. The molecule has 6 unspecified atom stereocenters. The fourth-order valence-electron chi connectivity index (χ4n) is 8.19. The maximum atomic E-state index is 6.79. The van der Waals surface area contributed by atoms with Gasteiger partial charge >= 0.3 is 0 Å². The van der Waals surface area contributed by atoms with E-state index in [-0.39, 0.29) is 12.2 Å².